The summed E-state index contributed by atoms with van der Waals surface area (Å²) in [5, 5.41) is 35.8. The zero-order chi connectivity index (χ0) is 20.2. The highest BCUT2D eigenvalue weighted by Gasteiger charge is 2.30. The van der Waals surface area contributed by atoms with Crippen LogP contribution in [0, 0.1) is 28.4 Å². The molecule has 0 heterocycles. The van der Waals surface area contributed by atoms with Crippen molar-refractivity contribution in [1.82, 2.24) is 0 Å². The number of amides is 1. The summed E-state index contributed by atoms with van der Waals surface area (Å²) in [4.78, 5) is 22.7. The van der Waals surface area contributed by atoms with E-state index < -0.39 is 16.4 Å². The summed E-state index contributed by atoms with van der Waals surface area (Å²) in [6, 6.07) is 10.7. The van der Waals surface area contributed by atoms with Gasteiger partial charge in [0.2, 0.25) is 0 Å². The monoisotopic (exact) mass is 388 g/mol. The molecule has 140 valence electrons. The average Bonchev–Trinajstić information content (AvgIpc) is 2.60. The summed E-state index contributed by atoms with van der Waals surface area (Å²) in [6.45, 7) is 2.77. The standard InChI is InChI=1S/C18H17ClN4O4/c1-11-7-14(5-6-16(11)23(26)27)22-17(24)18(2,25)10-21-13-4-3-12(9-20)15(19)8-13/h3-8,21,25H,10H2,1-2H3,(H,22,24). The van der Waals surface area contributed by atoms with Gasteiger partial charge in [-0.15, -0.1) is 0 Å². The highest BCUT2D eigenvalue weighted by molar-refractivity contribution is 6.32. The molecule has 0 saturated carbocycles. The zero-order valence-corrected chi connectivity index (χ0v) is 15.4. The summed E-state index contributed by atoms with van der Waals surface area (Å²) in [5.74, 6) is -0.678. The van der Waals surface area contributed by atoms with Gasteiger partial charge < -0.3 is 15.7 Å². The fraction of sp³-hybridized carbons (Fsp3) is 0.222. The lowest BCUT2D eigenvalue weighted by Gasteiger charge is -2.23. The van der Waals surface area contributed by atoms with Gasteiger partial charge in [0.25, 0.3) is 11.6 Å². The van der Waals surface area contributed by atoms with Gasteiger partial charge in [-0.2, -0.15) is 5.26 Å². The molecule has 0 fully saturated rings. The molecule has 0 spiro atoms. The molecule has 9 heteroatoms. The van der Waals surface area contributed by atoms with Crippen LogP contribution in [0.3, 0.4) is 0 Å². The van der Waals surface area contributed by atoms with Gasteiger partial charge in [0, 0.05) is 23.0 Å². The Morgan fingerprint density at radius 1 is 1.33 bits per heavy atom. The first-order chi connectivity index (χ1) is 12.6. The number of nitrogens with zero attached hydrogens (tertiary/aromatic N) is 2. The summed E-state index contributed by atoms with van der Waals surface area (Å²) in [6.07, 6.45) is 0. The molecule has 1 amide bonds. The van der Waals surface area contributed by atoms with E-state index in [1.54, 1.807) is 13.0 Å². The second kappa shape index (κ2) is 8.03. The SMILES string of the molecule is Cc1cc(NC(=O)C(C)(O)CNc2ccc(C#N)c(Cl)c2)ccc1[N+](=O)[O-]. The van der Waals surface area contributed by atoms with E-state index in [2.05, 4.69) is 10.6 Å². The molecule has 1 atom stereocenters. The molecule has 0 aliphatic carbocycles. The third-order valence-corrected chi connectivity index (χ3v) is 4.18. The van der Waals surface area contributed by atoms with E-state index in [1.165, 1.54) is 37.3 Å². The van der Waals surface area contributed by atoms with Crippen molar-refractivity contribution < 1.29 is 14.8 Å². The minimum absolute atomic E-state index is 0.0564. The first-order valence-electron chi connectivity index (χ1n) is 7.86. The smallest absolute Gasteiger partial charge is 0.272 e. The maximum absolute atomic E-state index is 12.3. The van der Waals surface area contributed by atoms with Crippen LogP contribution in [0.1, 0.15) is 18.1 Å². The van der Waals surface area contributed by atoms with Gasteiger partial charge in [-0.05, 0) is 44.2 Å². The number of nitro groups is 1. The lowest BCUT2D eigenvalue weighted by molar-refractivity contribution is -0.385. The van der Waals surface area contributed by atoms with Gasteiger partial charge in [-0.25, -0.2) is 0 Å². The Hall–Kier alpha value is -3.15. The highest BCUT2D eigenvalue weighted by Crippen LogP contribution is 2.23. The molecule has 1 unspecified atom stereocenters. The lowest BCUT2D eigenvalue weighted by Crippen LogP contribution is -2.45. The van der Waals surface area contributed by atoms with Crippen molar-refractivity contribution in [3.8, 4) is 6.07 Å². The molecule has 0 saturated heterocycles. The number of carbonyl (C=O) groups excluding carboxylic acids is 1. The minimum Gasteiger partial charge on any atom is -0.382 e. The predicted octanol–water partition coefficient (Wildman–Crippen LogP) is 3.23. The van der Waals surface area contributed by atoms with Crippen LogP contribution < -0.4 is 10.6 Å². The average molecular weight is 389 g/mol. The van der Waals surface area contributed by atoms with Gasteiger partial charge in [0.15, 0.2) is 5.60 Å². The van der Waals surface area contributed by atoms with E-state index in [1.807, 2.05) is 6.07 Å². The zero-order valence-electron chi connectivity index (χ0n) is 14.6. The molecule has 0 aliphatic rings. The van der Waals surface area contributed by atoms with Crippen LogP contribution in [-0.4, -0.2) is 28.1 Å². The van der Waals surface area contributed by atoms with E-state index in [4.69, 9.17) is 16.9 Å². The van der Waals surface area contributed by atoms with E-state index >= 15 is 0 Å². The minimum atomic E-state index is -1.77. The van der Waals surface area contributed by atoms with Crippen LogP contribution in [0.25, 0.3) is 0 Å². The first-order valence-corrected chi connectivity index (χ1v) is 8.24. The largest absolute Gasteiger partial charge is 0.382 e. The van der Waals surface area contributed by atoms with Crippen molar-refractivity contribution in [3.63, 3.8) is 0 Å². The summed E-state index contributed by atoms with van der Waals surface area (Å²) in [7, 11) is 0. The van der Waals surface area contributed by atoms with Crippen LogP contribution >= 0.6 is 11.6 Å². The van der Waals surface area contributed by atoms with E-state index in [0.29, 0.717) is 22.5 Å². The maximum atomic E-state index is 12.3. The number of nitrogens with one attached hydrogen (secondary N) is 2. The Labute approximate surface area is 160 Å². The van der Waals surface area contributed by atoms with Crippen LogP contribution in [0.15, 0.2) is 36.4 Å². The van der Waals surface area contributed by atoms with Crippen molar-refractivity contribution in [2.75, 3.05) is 17.2 Å². The Morgan fingerprint density at radius 2 is 2.00 bits per heavy atom. The number of rotatable bonds is 6. The molecular formula is C18H17ClN4O4. The number of aryl methyl sites for hydroxylation is 1. The number of nitriles is 1. The number of carbonyl (C=O) groups is 1. The number of hydrogen-bond donors (Lipinski definition) is 3. The number of benzene rings is 2. The second-order valence-corrected chi connectivity index (χ2v) is 6.55. The molecule has 2 aromatic carbocycles. The van der Waals surface area contributed by atoms with Gasteiger partial charge in [-0.3, -0.25) is 14.9 Å². The fourth-order valence-electron chi connectivity index (χ4n) is 2.27. The molecule has 0 aromatic heterocycles. The molecule has 0 radical (unpaired) electrons. The van der Waals surface area contributed by atoms with Gasteiger partial charge >= 0.3 is 0 Å². The van der Waals surface area contributed by atoms with Crippen molar-refractivity contribution in [1.29, 1.82) is 5.26 Å². The normalized spacial score (nSPS) is 12.6. The second-order valence-electron chi connectivity index (χ2n) is 6.15. The number of nitro benzene ring substituents is 1. The molecule has 0 bridgehead atoms. The Kier molecular flexibility index (Phi) is 6.00. The Bertz CT molecular complexity index is 937. The van der Waals surface area contributed by atoms with Crippen molar-refractivity contribution >= 4 is 34.6 Å². The predicted molar refractivity (Wildman–Crippen MR) is 102 cm³/mol. The molecule has 3 N–H and O–H groups in total. The summed E-state index contributed by atoms with van der Waals surface area (Å²) < 4.78 is 0. The van der Waals surface area contributed by atoms with E-state index in [-0.39, 0.29) is 17.3 Å². The van der Waals surface area contributed by atoms with Gasteiger partial charge in [0.1, 0.15) is 6.07 Å². The number of anilines is 2. The fourth-order valence-corrected chi connectivity index (χ4v) is 2.50. The van der Waals surface area contributed by atoms with Crippen molar-refractivity contribution in [3.05, 3.63) is 62.7 Å². The molecular weight excluding hydrogens is 372 g/mol. The molecule has 8 nitrogen and oxygen atoms in total. The van der Waals surface area contributed by atoms with Crippen LogP contribution in [-0.2, 0) is 4.79 Å². The molecule has 2 aromatic rings. The lowest BCUT2D eigenvalue weighted by atomic mass is 10.1. The van der Waals surface area contributed by atoms with Crippen molar-refractivity contribution in [2.24, 2.45) is 0 Å². The number of hydrogen-bond acceptors (Lipinski definition) is 6. The number of aliphatic hydroxyl groups is 1. The highest BCUT2D eigenvalue weighted by atomic mass is 35.5. The first kappa shape index (κ1) is 20.2. The maximum Gasteiger partial charge on any atom is 0.272 e. The van der Waals surface area contributed by atoms with Crippen LogP contribution in [0.5, 0.6) is 0 Å². The Morgan fingerprint density at radius 3 is 2.56 bits per heavy atom. The molecule has 2 rings (SSSR count). The van der Waals surface area contributed by atoms with E-state index in [9.17, 15) is 20.0 Å². The topological polar surface area (TPSA) is 128 Å². The summed E-state index contributed by atoms with van der Waals surface area (Å²) >= 11 is 5.95. The third kappa shape index (κ3) is 4.94. The quantitative estimate of drug-likeness (QED) is 0.514. The van der Waals surface area contributed by atoms with E-state index in [0.717, 1.165) is 0 Å². The molecule has 0 aliphatic heterocycles. The Balaban J connectivity index is 2.04. The van der Waals surface area contributed by atoms with Gasteiger partial charge in [-0.1, -0.05) is 11.6 Å². The van der Waals surface area contributed by atoms with Crippen LogP contribution in [0.4, 0.5) is 17.1 Å². The van der Waals surface area contributed by atoms with Crippen molar-refractivity contribution in [2.45, 2.75) is 19.4 Å². The summed E-state index contributed by atoms with van der Waals surface area (Å²) in [5.41, 5.74) is -0.235. The number of halogens is 1. The van der Waals surface area contributed by atoms with Crippen LogP contribution in [0.2, 0.25) is 5.02 Å². The molecule has 27 heavy (non-hydrogen) atoms. The third-order valence-electron chi connectivity index (χ3n) is 3.87. The van der Waals surface area contributed by atoms with Gasteiger partial charge in [0.05, 0.1) is 22.1 Å².